The molecule has 0 spiro atoms. The van der Waals surface area contributed by atoms with Gasteiger partial charge in [-0.05, 0) is 50.6 Å². The van der Waals surface area contributed by atoms with Crippen molar-refractivity contribution >= 4 is 28.8 Å². The number of para-hydroxylation sites is 1. The minimum Gasteiger partial charge on any atom is -0.357 e. The molecule has 1 unspecified atom stereocenters. The summed E-state index contributed by atoms with van der Waals surface area (Å²) in [6, 6.07) is 10.2. The average molecular weight is 427 g/mol. The number of fused-ring (bicyclic) bond motifs is 1. The lowest BCUT2D eigenvalue weighted by Gasteiger charge is -2.19. The van der Waals surface area contributed by atoms with E-state index in [4.69, 9.17) is 0 Å². The number of amides is 3. The van der Waals surface area contributed by atoms with Crippen LogP contribution in [0.1, 0.15) is 40.0 Å². The van der Waals surface area contributed by atoms with Gasteiger partial charge in [-0.15, -0.1) is 0 Å². The number of carbonyl (C=O) groups excluding carboxylic acids is 2. The number of carbonyl (C=O) groups is 2. The molecular formula is C23H34N6O2. The van der Waals surface area contributed by atoms with Gasteiger partial charge in [-0.1, -0.05) is 25.1 Å². The number of nitrogens with zero attached hydrogens (tertiary/aromatic N) is 3. The molecule has 2 aromatic rings. The van der Waals surface area contributed by atoms with Crippen molar-refractivity contribution in [1.82, 2.24) is 25.4 Å². The van der Waals surface area contributed by atoms with E-state index in [1.54, 1.807) is 6.92 Å². The molecule has 3 amide bonds. The Balaban J connectivity index is 1.42. The molecule has 8 nitrogen and oxygen atoms in total. The van der Waals surface area contributed by atoms with E-state index in [1.807, 2.05) is 13.8 Å². The number of aromatic nitrogens is 1. The fourth-order valence-corrected chi connectivity index (χ4v) is 3.74. The second-order valence-corrected chi connectivity index (χ2v) is 8.04. The van der Waals surface area contributed by atoms with Crippen LogP contribution in [0.5, 0.6) is 0 Å². The fraction of sp³-hybridized carbons (Fsp3) is 0.522. The zero-order chi connectivity index (χ0) is 22.3. The molecule has 2 heterocycles. The number of aryl methyl sites for hydroxylation is 1. The van der Waals surface area contributed by atoms with Gasteiger partial charge in [0, 0.05) is 44.4 Å². The number of imide groups is 1. The van der Waals surface area contributed by atoms with Gasteiger partial charge in [-0.3, -0.25) is 14.7 Å². The highest BCUT2D eigenvalue weighted by molar-refractivity contribution is 6.06. The smallest absolute Gasteiger partial charge is 0.325 e. The summed E-state index contributed by atoms with van der Waals surface area (Å²) >= 11 is 0. The molecule has 0 bridgehead atoms. The van der Waals surface area contributed by atoms with E-state index in [0.717, 1.165) is 32.0 Å². The van der Waals surface area contributed by atoms with Gasteiger partial charge in [0.15, 0.2) is 5.96 Å². The molecule has 8 heteroatoms. The maximum atomic E-state index is 12.4. The Morgan fingerprint density at radius 2 is 1.90 bits per heavy atom. The number of hydrogen-bond acceptors (Lipinski definition) is 3. The first-order valence-corrected chi connectivity index (χ1v) is 11.2. The molecule has 1 aliphatic heterocycles. The van der Waals surface area contributed by atoms with Crippen LogP contribution in [0.25, 0.3) is 10.9 Å². The van der Waals surface area contributed by atoms with E-state index in [9.17, 15) is 9.59 Å². The first-order chi connectivity index (χ1) is 15.0. The van der Waals surface area contributed by atoms with Crippen LogP contribution in [-0.4, -0.2) is 59.1 Å². The van der Waals surface area contributed by atoms with Crippen LogP contribution < -0.4 is 16.0 Å². The Labute approximate surface area is 184 Å². The highest BCUT2D eigenvalue weighted by atomic mass is 16.2. The molecule has 1 saturated heterocycles. The molecule has 1 atom stereocenters. The Hall–Kier alpha value is -3.03. The Morgan fingerprint density at radius 3 is 2.65 bits per heavy atom. The van der Waals surface area contributed by atoms with Crippen molar-refractivity contribution in [3.05, 3.63) is 36.5 Å². The summed E-state index contributed by atoms with van der Waals surface area (Å²) in [7, 11) is 0. The van der Waals surface area contributed by atoms with E-state index in [2.05, 4.69) is 62.0 Å². The maximum Gasteiger partial charge on any atom is 0.325 e. The highest BCUT2D eigenvalue weighted by Crippen LogP contribution is 2.20. The van der Waals surface area contributed by atoms with Gasteiger partial charge >= 0.3 is 6.03 Å². The second-order valence-electron chi connectivity index (χ2n) is 8.04. The van der Waals surface area contributed by atoms with E-state index < -0.39 is 5.54 Å². The van der Waals surface area contributed by atoms with Crippen molar-refractivity contribution in [2.24, 2.45) is 4.99 Å². The van der Waals surface area contributed by atoms with Crippen molar-refractivity contribution in [3.63, 3.8) is 0 Å². The Kier molecular flexibility index (Phi) is 7.55. The number of rotatable bonds is 10. The van der Waals surface area contributed by atoms with Gasteiger partial charge < -0.3 is 20.5 Å². The first kappa shape index (κ1) is 22.7. The average Bonchev–Trinajstić information content (AvgIpc) is 3.27. The van der Waals surface area contributed by atoms with Crippen LogP contribution >= 0.6 is 0 Å². The van der Waals surface area contributed by atoms with Gasteiger partial charge in [-0.2, -0.15) is 0 Å². The molecule has 0 saturated carbocycles. The van der Waals surface area contributed by atoms with Crippen molar-refractivity contribution in [2.75, 3.05) is 26.2 Å². The molecule has 1 fully saturated rings. The van der Waals surface area contributed by atoms with Gasteiger partial charge in [0.05, 0.1) is 0 Å². The van der Waals surface area contributed by atoms with Crippen LogP contribution in [0, 0.1) is 0 Å². The number of aliphatic imine (C=N–C) groups is 1. The first-order valence-electron chi connectivity index (χ1n) is 11.2. The zero-order valence-corrected chi connectivity index (χ0v) is 18.8. The predicted molar refractivity (Wildman–Crippen MR) is 124 cm³/mol. The second kappa shape index (κ2) is 10.3. The third kappa shape index (κ3) is 5.37. The van der Waals surface area contributed by atoms with Crippen molar-refractivity contribution in [3.8, 4) is 0 Å². The lowest BCUT2D eigenvalue weighted by Crippen LogP contribution is -2.43. The molecule has 3 rings (SSSR count). The monoisotopic (exact) mass is 426 g/mol. The molecule has 1 aromatic carbocycles. The molecule has 1 aliphatic rings. The Morgan fingerprint density at radius 1 is 1.10 bits per heavy atom. The van der Waals surface area contributed by atoms with Crippen LogP contribution in [0.15, 0.2) is 41.5 Å². The molecule has 31 heavy (non-hydrogen) atoms. The topological polar surface area (TPSA) is 90.8 Å². The molecule has 0 aliphatic carbocycles. The van der Waals surface area contributed by atoms with Gasteiger partial charge in [0.25, 0.3) is 5.91 Å². The summed E-state index contributed by atoms with van der Waals surface area (Å²) in [6.45, 7) is 9.13. The summed E-state index contributed by atoms with van der Waals surface area (Å²) in [6.07, 6.45) is 4.31. The summed E-state index contributed by atoms with van der Waals surface area (Å²) < 4.78 is 2.27. The number of urea groups is 1. The fourth-order valence-electron chi connectivity index (χ4n) is 3.74. The van der Waals surface area contributed by atoms with E-state index >= 15 is 0 Å². The van der Waals surface area contributed by atoms with Gasteiger partial charge in [0.2, 0.25) is 0 Å². The summed E-state index contributed by atoms with van der Waals surface area (Å²) in [5.74, 6) is 0.613. The van der Waals surface area contributed by atoms with Crippen molar-refractivity contribution in [2.45, 2.75) is 52.1 Å². The Bertz CT molecular complexity index is 937. The van der Waals surface area contributed by atoms with Crippen LogP contribution in [0.2, 0.25) is 0 Å². The highest BCUT2D eigenvalue weighted by Gasteiger charge is 2.45. The summed E-state index contributed by atoms with van der Waals surface area (Å²) in [5, 5.41) is 10.7. The minimum absolute atomic E-state index is 0.147. The van der Waals surface area contributed by atoms with E-state index in [0.29, 0.717) is 25.9 Å². The van der Waals surface area contributed by atoms with Crippen LogP contribution in [-0.2, 0) is 11.3 Å². The molecule has 168 valence electrons. The zero-order valence-electron chi connectivity index (χ0n) is 18.8. The molecule has 0 radical (unpaired) electrons. The van der Waals surface area contributed by atoms with Crippen LogP contribution in [0.3, 0.4) is 0 Å². The lowest BCUT2D eigenvalue weighted by atomic mass is 9.99. The van der Waals surface area contributed by atoms with E-state index in [-0.39, 0.29) is 11.9 Å². The van der Waals surface area contributed by atoms with Crippen molar-refractivity contribution < 1.29 is 9.59 Å². The minimum atomic E-state index is -0.776. The van der Waals surface area contributed by atoms with Gasteiger partial charge in [-0.25, -0.2) is 4.79 Å². The summed E-state index contributed by atoms with van der Waals surface area (Å²) in [4.78, 5) is 30.4. The largest absolute Gasteiger partial charge is 0.357 e. The standard InChI is InChI=1S/C23H34N6O2/c1-4-23(3)20(30)29(22(31)27-23)16-9-14-26-21(24-5-2)25-13-8-15-28-17-12-18-10-6-7-11-19(18)28/h6-7,10-12,17H,4-5,8-9,13-16H2,1-3H3,(H,27,31)(H2,24,25,26). The number of hydrogen-bond donors (Lipinski definition) is 3. The third-order valence-electron chi connectivity index (χ3n) is 5.75. The van der Waals surface area contributed by atoms with Crippen LogP contribution in [0.4, 0.5) is 4.79 Å². The third-order valence-corrected chi connectivity index (χ3v) is 5.75. The molecule has 1 aromatic heterocycles. The lowest BCUT2D eigenvalue weighted by molar-refractivity contribution is -0.130. The number of nitrogens with one attached hydrogen (secondary N) is 3. The van der Waals surface area contributed by atoms with Gasteiger partial charge in [0.1, 0.15) is 5.54 Å². The summed E-state index contributed by atoms with van der Waals surface area (Å²) in [5.41, 5.74) is 0.477. The number of benzene rings is 1. The van der Waals surface area contributed by atoms with E-state index in [1.165, 1.54) is 15.8 Å². The van der Waals surface area contributed by atoms with Crippen molar-refractivity contribution in [1.29, 1.82) is 0 Å². The SMILES string of the molecule is CCNC(=NCCCN1C(=O)NC(C)(CC)C1=O)NCCCn1ccc2ccccc21. The normalized spacial score (nSPS) is 19.2. The maximum absolute atomic E-state index is 12.4. The predicted octanol–water partition coefficient (Wildman–Crippen LogP) is 2.70. The number of guanidine groups is 1. The quantitative estimate of drug-likeness (QED) is 0.236. The molecular weight excluding hydrogens is 392 g/mol. The molecule has 3 N–H and O–H groups in total.